The highest BCUT2D eigenvalue weighted by molar-refractivity contribution is 5.99. The molecule has 3 aromatic rings. The number of nitrogens with zero attached hydrogens (tertiary/aromatic N) is 6. The van der Waals surface area contributed by atoms with Gasteiger partial charge in [0.05, 0.1) is 18.6 Å². The van der Waals surface area contributed by atoms with Gasteiger partial charge >= 0.3 is 0 Å². The van der Waals surface area contributed by atoms with Crippen LogP contribution in [0.25, 0.3) is 11.2 Å². The van der Waals surface area contributed by atoms with E-state index < -0.39 is 31.1 Å². The number of nitrogens with one attached hydrogen (secondary N) is 1. The van der Waals surface area contributed by atoms with Crippen LogP contribution in [0.3, 0.4) is 0 Å². The smallest absolute Gasteiger partial charge is 0.177 e. The summed E-state index contributed by atoms with van der Waals surface area (Å²) in [7, 11) is 0. The summed E-state index contributed by atoms with van der Waals surface area (Å²) in [6, 6.07) is 3.68. The lowest BCUT2D eigenvalue weighted by molar-refractivity contribution is -0.0511. The normalized spacial score (nSPS) is 25.4. The number of aliphatic hydroxyl groups is 3. The summed E-state index contributed by atoms with van der Waals surface area (Å²) < 4.78 is 7.03. The van der Waals surface area contributed by atoms with Crippen molar-refractivity contribution in [2.75, 3.05) is 12.0 Å². The Morgan fingerprint density at radius 2 is 2.00 bits per heavy atom. The predicted octanol–water partition coefficient (Wildman–Crippen LogP) is -0.331. The number of fused-ring (bicyclic) bond motifs is 1. The molecule has 2 unspecified atom stereocenters. The first kappa shape index (κ1) is 18.4. The zero-order chi connectivity index (χ0) is 19.7. The molecule has 4 heterocycles. The van der Waals surface area contributed by atoms with Crippen molar-refractivity contribution in [3.05, 3.63) is 42.7 Å². The molecule has 1 aliphatic heterocycles. The Morgan fingerprint density at radius 1 is 1.21 bits per heavy atom. The molecule has 0 bridgehead atoms. The number of imidazole rings is 1. The average Bonchev–Trinajstić information content (AvgIpc) is 3.28. The second-order valence-corrected chi connectivity index (χ2v) is 6.32. The molecule has 4 rings (SSSR count). The highest BCUT2D eigenvalue weighted by Gasteiger charge is 2.44. The molecule has 1 saturated heterocycles. The third-order valence-corrected chi connectivity index (χ3v) is 4.58. The molecule has 28 heavy (non-hydrogen) atoms. The van der Waals surface area contributed by atoms with E-state index in [2.05, 4.69) is 30.5 Å². The van der Waals surface area contributed by atoms with Crippen LogP contribution in [0.2, 0.25) is 0 Å². The van der Waals surface area contributed by atoms with Crippen LogP contribution in [0.15, 0.2) is 42.3 Å². The summed E-state index contributed by atoms with van der Waals surface area (Å²) >= 11 is 0. The molecule has 0 amide bonds. The van der Waals surface area contributed by atoms with E-state index in [1.54, 1.807) is 12.4 Å². The van der Waals surface area contributed by atoms with Gasteiger partial charge in [-0.3, -0.25) is 15.0 Å². The maximum Gasteiger partial charge on any atom is 0.177 e. The summed E-state index contributed by atoms with van der Waals surface area (Å²) in [5.41, 5.74) is 5.33. The molecular weight excluding hydrogens is 366 g/mol. The van der Waals surface area contributed by atoms with E-state index in [9.17, 15) is 15.3 Å². The molecule has 0 saturated carbocycles. The lowest BCUT2D eigenvalue weighted by Gasteiger charge is -2.16. The van der Waals surface area contributed by atoms with Crippen LogP contribution in [0, 0.1) is 0 Å². The molecule has 1 aliphatic rings. The van der Waals surface area contributed by atoms with Gasteiger partial charge in [0.1, 0.15) is 24.6 Å². The minimum atomic E-state index is -1.23. The fourth-order valence-electron chi connectivity index (χ4n) is 3.02. The Hall–Kier alpha value is -2.99. The number of anilines is 1. The van der Waals surface area contributed by atoms with E-state index in [0.717, 1.165) is 11.3 Å². The van der Waals surface area contributed by atoms with Gasteiger partial charge in [-0.25, -0.2) is 15.0 Å². The minimum Gasteiger partial charge on any atom is -0.394 e. The molecule has 0 radical (unpaired) electrons. The summed E-state index contributed by atoms with van der Waals surface area (Å²) in [5, 5.41) is 33.8. The minimum absolute atomic E-state index is 0.379. The van der Waals surface area contributed by atoms with Gasteiger partial charge in [0.25, 0.3) is 0 Å². The van der Waals surface area contributed by atoms with Gasteiger partial charge in [-0.15, -0.1) is 0 Å². The van der Waals surface area contributed by atoms with Crippen LogP contribution < -0.4 is 5.43 Å². The highest BCUT2D eigenvalue weighted by atomic mass is 16.6. The molecule has 4 atom stereocenters. The van der Waals surface area contributed by atoms with Crippen molar-refractivity contribution in [3.63, 3.8) is 0 Å². The van der Waals surface area contributed by atoms with E-state index in [0.29, 0.717) is 17.0 Å². The van der Waals surface area contributed by atoms with Gasteiger partial charge in [-0.2, -0.15) is 5.10 Å². The van der Waals surface area contributed by atoms with Crippen LogP contribution in [-0.4, -0.2) is 70.5 Å². The van der Waals surface area contributed by atoms with Crippen molar-refractivity contribution < 1.29 is 20.1 Å². The van der Waals surface area contributed by atoms with Gasteiger partial charge in [-0.05, 0) is 19.1 Å². The van der Waals surface area contributed by atoms with Crippen molar-refractivity contribution >= 4 is 22.7 Å². The van der Waals surface area contributed by atoms with Crippen LogP contribution in [0.5, 0.6) is 0 Å². The SMILES string of the molecule is CC(=NNc1ncnc2c1ncn2[C@@H]1O[C@H](CO)C(O)C1O)c1ccncc1. The Labute approximate surface area is 159 Å². The molecule has 4 N–H and O–H groups in total. The van der Waals surface area contributed by atoms with Gasteiger partial charge in [0, 0.05) is 18.0 Å². The standard InChI is InChI=1S/C17H19N7O4/c1-9(10-2-4-18-5-3-10)22-23-15-12-16(20-7-19-15)24(8-21-12)17-14(27)13(26)11(6-25)28-17/h2-5,7-8,11,13-14,17,25-27H,6H2,1H3,(H,19,20,23)/t11-,13?,14?,17-/m1/s1. The summed E-state index contributed by atoms with van der Waals surface area (Å²) in [4.78, 5) is 16.6. The zero-order valence-corrected chi connectivity index (χ0v) is 14.9. The first-order chi connectivity index (χ1) is 13.6. The quantitative estimate of drug-likeness (QED) is 0.342. The molecular formula is C17H19N7O4. The molecule has 0 aromatic carbocycles. The van der Waals surface area contributed by atoms with Crippen molar-refractivity contribution in [3.8, 4) is 0 Å². The number of hydrogen-bond acceptors (Lipinski definition) is 10. The Kier molecular flexibility index (Phi) is 4.96. The first-order valence-electron chi connectivity index (χ1n) is 8.61. The van der Waals surface area contributed by atoms with Crippen LogP contribution >= 0.6 is 0 Å². The lowest BCUT2D eigenvalue weighted by Crippen LogP contribution is -2.33. The molecule has 11 nitrogen and oxygen atoms in total. The third kappa shape index (κ3) is 3.20. The molecule has 11 heteroatoms. The van der Waals surface area contributed by atoms with Crippen molar-refractivity contribution in [1.82, 2.24) is 24.5 Å². The monoisotopic (exact) mass is 385 g/mol. The number of ether oxygens (including phenoxy) is 1. The average molecular weight is 385 g/mol. The molecule has 146 valence electrons. The molecule has 0 aliphatic carbocycles. The second kappa shape index (κ2) is 7.56. The lowest BCUT2D eigenvalue weighted by atomic mass is 10.1. The summed E-state index contributed by atoms with van der Waals surface area (Å²) in [6.45, 7) is 1.44. The van der Waals surface area contributed by atoms with E-state index in [4.69, 9.17) is 4.74 Å². The second-order valence-electron chi connectivity index (χ2n) is 6.32. The zero-order valence-electron chi connectivity index (χ0n) is 14.9. The van der Waals surface area contributed by atoms with Crippen LogP contribution in [-0.2, 0) is 4.74 Å². The number of rotatable bonds is 5. The molecule has 3 aromatic heterocycles. The maximum atomic E-state index is 10.2. The Bertz CT molecular complexity index is 994. The maximum absolute atomic E-state index is 10.2. The fraction of sp³-hybridized carbons (Fsp3) is 0.353. The van der Waals surface area contributed by atoms with Crippen molar-refractivity contribution in [2.45, 2.75) is 31.5 Å². The van der Waals surface area contributed by atoms with E-state index >= 15 is 0 Å². The molecule has 0 spiro atoms. The fourth-order valence-corrected chi connectivity index (χ4v) is 3.02. The number of aromatic nitrogens is 5. The van der Waals surface area contributed by atoms with Gasteiger partial charge in [0.15, 0.2) is 23.2 Å². The van der Waals surface area contributed by atoms with E-state index in [-0.39, 0.29) is 0 Å². The summed E-state index contributed by atoms with van der Waals surface area (Å²) in [6.07, 6.45) is 1.88. The Balaban J connectivity index is 1.63. The number of aliphatic hydroxyl groups excluding tert-OH is 3. The van der Waals surface area contributed by atoms with Crippen molar-refractivity contribution in [2.24, 2.45) is 5.10 Å². The molecule has 1 fully saturated rings. The largest absolute Gasteiger partial charge is 0.394 e. The first-order valence-corrected chi connectivity index (χ1v) is 8.61. The number of hydrazone groups is 1. The number of hydrogen-bond donors (Lipinski definition) is 4. The Morgan fingerprint density at radius 3 is 2.71 bits per heavy atom. The van der Waals surface area contributed by atoms with Gasteiger partial charge in [0.2, 0.25) is 0 Å². The van der Waals surface area contributed by atoms with Crippen molar-refractivity contribution in [1.29, 1.82) is 0 Å². The third-order valence-electron chi connectivity index (χ3n) is 4.58. The van der Waals surface area contributed by atoms with Gasteiger partial charge < -0.3 is 20.1 Å². The van der Waals surface area contributed by atoms with E-state index in [1.165, 1.54) is 17.2 Å². The highest BCUT2D eigenvalue weighted by Crippen LogP contribution is 2.32. The van der Waals surface area contributed by atoms with E-state index in [1.807, 2.05) is 19.1 Å². The predicted molar refractivity (Wildman–Crippen MR) is 98.4 cm³/mol. The van der Waals surface area contributed by atoms with Gasteiger partial charge in [-0.1, -0.05) is 0 Å². The van der Waals surface area contributed by atoms with Crippen LogP contribution in [0.4, 0.5) is 5.82 Å². The number of pyridine rings is 1. The summed E-state index contributed by atoms with van der Waals surface area (Å²) in [5.74, 6) is 0.379. The van der Waals surface area contributed by atoms with Crippen LogP contribution in [0.1, 0.15) is 18.7 Å². The topological polar surface area (TPSA) is 151 Å².